The molecule has 0 bridgehead atoms. The molecule has 1 fully saturated rings. The van der Waals surface area contributed by atoms with E-state index < -0.39 is 0 Å². The molecule has 104 valence electrons. The lowest BCUT2D eigenvalue weighted by molar-refractivity contribution is -0.133. The summed E-state index contributed by atoms with van der Waals surface area (Å²) in [5, 5.41) is 3.11. The normalized spacial score (nSPS) is 19.7. The first kappa shape index (κ1) is 14.0. The molecule has 0 spiro atoms. The van der Waals surface area contributed by atoms with E-state index >= 15 is 0 Å². The quantitative estimate of drug-likeness (QED) is 0.872. The van der Waals surface area contributed by atoms with Crippen LogP contribution in [0, 0.1) is 5.41 Å². The molecule has 4 nitrogen and oxygen atoms in total. The van der Waals surface area contributed by atoms with Crippen LogP contribution in [-0.2, 0) is 4.79 Å². The smallest absolute Gasteiger partial charge is 0.227 e. The van der Waals surface area contributed by atoms with Crippen LogP contribution in [0.1, 0.15) is 50.6 Å². The van der Waals surface area contributed by atoms with Gasteiger partial charge in [-0.3, -0.25) is 9.78 Å². The number of hydrogen-bond donors (Lipinski definition) is 2. The predicted octanol–water partition coefficient (Wildman–Crippen LogP) is 2.17. The molecular formula is C15H23N3O. The summed E-state index contributed by atoms with van der Waals surface area (Å²) >= 11 is 0. The highest BCUT2D eigenvalue weighted by Crippen LogP contribution is 2.36. The predicted molar refractivity (Wildman–Crippen MR) is 75.4 cm³/mol. The number of nitrogens with one attached hydrogen (secondary N) is 1. The Kier molecular flexibility index (Phi) is 4.53. The molecule has 1 aromatic rings. The van der Waals surface area contributed by atoms with Crippen LogP contribution in [0.25, 0.3) is 0 Å². The zero-order valence-corrected chi connectivity index (χ0v) is 11.6. The Balaban J connectivity index is 2.03. The van der Waals surface area contributed by atoms with Gasteiger partial charge in [-0.15, -0.1) is 0 Å². The van der Waals surface area contributed by atoms with Crippen molar-refractivity contribution in [3.05, 3.63) is 30.1 Å². The summed E-state index contributed by atoms with van der Waals surface area (Å²) in [4.78, 5) is 16.5. The summed E-state index contributed by atoms with van der Waals surface area (Å²) < 4.78 is 0. The number of amides is 1. The van der Waals surface area contributed by atoms with Gasteiger partial charge in [-0.05, 0) is 37.5 Å². The summed E-state index contributed by atoms with van der Waals surface area (Å²) in [6, 6.07) is 3.86. The van der Waals surface area contributed by atoms with Crippen LogP contribution >= 0.6 is 0 Å². The zero-order valence-electron chi connectivity index (χ0n) is 11.6. The second-order valence-corrected chi connectivity index (χ2v) is 5.52. The number of rotatable bonds is 4. The molecule has 1 aliphatic rings. The maximum atomic E-state index is 12.5. The molecule has 4 heteroatoms. The van der Waals surface area contributed by atoms with Gasteiger partial charge >= 0.3 is 0 Å². The van der Waals surface area contributed by atoms with E-state index in [1.807, 2.05) is 19.1 Å². The van der Waals surface area contributed by atoms with Crippen LogP contribution in [0.4, 0.5) is 0 Å². The van der Waals surface area contributed by atoms with Gasteiger partial charge in [0.2, 0.25) is 5.91 Å². The molecule has 0 aliphatic heterocycles. The van der Waals surface area contributed by atoms with Gasteiger partial charge in [0.1, 0.15) is 0 Å². The Labute approximate surface area is 114 Å². The van der Waals surface area contributed by atoms with Crippen molar-refractivity contribution in [2.75, 3.05) is 6.54 Å². The monoisotopic (exact) mass is 261 g/mol. The van der Waals surface area contributed by atoms with E-state index in [0.29, 0.717) is 6.54 Å². The maximum absolute atomic E-state index is 12.5. The zero-order chi connectivity index (χ0) is 13.7. The van der Waals surface area contributed by atoms with E-state index in [-0.39, 0.29) is 17.4 Å². The van der Waals surface area contributed by atoms with Gasteiger partial charge in [0.05, 0.1) is 11.5 Å². The van der Waals surface area contributed by atoms with Crippen molar-refractivity contribution in [2.24, 2.45) is 11.1 Å². The molecule has 1 aliphatic carbocycles. The molecule has 0 saturated heterocycles. The van der Waals surface area contributed by atoms with Crippen molar-refractivity contribution in [2.45, 2.75) is 45.1 Å². The number of carbonyl (C=O) groups excluding carboxylic acids is 1. The van der Waals surface area contributed by atoms with Gasteiger partial charge < -0.3 is 11.1 Å². The Morgan fingerprint density at radius 2 is 2.00 bits per heavy atom. The average molecular weight is 261 g/mol. The summed E-state index contributed by atoms with van der Waals surface area (Å²) in [6.45, 7) is 2.45. The molecule has 1 aromatic heterocycles. The average Bonchev–Trinajstić information content (AvgIpc) is 2.48. The van der Waals surface area contributed by atoms with Gasteiger partial charge in [-0.25, -0.2) is 0 Å². The third kappa shape index (κ3) is 3.13. The van der Waals surface area contributed by atoms with E-state index in [2.05, 4.69) is 10.3 Å². The van der Waals surface area contributed by atoms with Crippen molar-refractivity contribution in [1.29, 1.82) is 0 Å². The van der Waals surface area contributed by atoms with Crippen molar-refractivity contribution >= 4 is 5.91 Å². The van der Waals surface area contributed by atoms with E-state index in [4.69, 9.17) is 5.73 Å². The first-order valence-electron chi connectivity index (χ1n) is 7.09. The largest absolute Gasteiger partial charge is 0.349 e. The number of carbonyl (C=O) groups is 1. The van der Waals surface area contributed by atoms with Gasteiger partial charge in [0, 0.05) is 18.9 Å². The SMILES string of the molecule is CC(NC(=O)C1(CN)CCCCC1)c1ccncc1. The first-order valence-corrected chi connectivity index (χ1v) is 7.09. The standard InChI is InChI=1S/C15H23N3O/c1-12(13-5-9-17-10-6-13)18-14(19)15(11-16)7-3-2-4-8-15/h5-6,9-10,12H,2-4,7-8,11,16H2,1H3,(H,18,19). The minimum Gasteiger partial charge on any atom is -0.349 e. The maximum Gasteiger partial charge on any atom is 0.227 e. The number of nitrogens with zero attached hydrogens (tertiary/aromatic N) is 1. The van der Waals surface area contributed by atoms with E-state index in [9.17, 15) is 4.79 Å². The van der Waals surface area contributed by atoms with Gasteiger partial charge in [-0.1, -0.05) is 19.3 Å². The Hall–Kier alpha value is -1.42. The topological polar surface area (TPSA) is 68.0 Å². The molecule has 2 rings (SSSR count). The molecule has 1 atom stereocenters. The highest BCUT2D eigenvalue weighted by molar-refractivity contribution is 5.83. The Morgan fingerprint density at radius 3 is 2.58 bits per heavy atom. The van der Waals surface area contributed by atoms with Crippen LogP contribution in [0.2, 0.25) is 0 Å². The molecule has 19 heavy (non-hydrogen) atoms. The van der Waals surface area contributed by atoms with Crippen LogP contribution in [-0.4, -0.2) is 17.4 Å². The van der Waals surface area contributed by atoms with Crippen LogP contribution in [0.3, 0.4) is 0 Å². The fourth-order valence-corrected chi connectivity index (χ4v) is 2.84. The van der Waals surface area contributed by atoms with Gasteiger partial charge in [0.25, 0.3) is 0 Å². The highest BCUT2D eigenvalue weighted by atomic mass is 16.2. The fraction of sp³-hybridized carbons (Fsp3) is 0.600. The molecule has 1 heterocycles. The molecular weight excluding hydrogens is 238 g/mol. The Bertz CT molecular complexity index is 413. The summed E-state index contributed by atoms with van der Waals surface area (Å²) in [5.74, 6) is 0.110. The molecule has 1 saturated carbocycles. The van der Waals surface area contributed by atoms with Crippen molar-refractivity contribution in [3.8, 4) is 0 Å². The van der Waals surface area contributed by atoms with Gasteiger partial charge in [-0.2, -0.15) is 0 Å². The lowest BCUT2D eigenvalue weighted by atomic mass is 9.73. The second-order valence-electron chi connectivity index (χ2n) is 5.52. The van der Waals surface area contributed by atoms with E-state index in [1.165, 1.54) is 6.42 Å². The lowest BCUT2D eigenvalue weighted by Gasteiger charge is -2.35. The minimum atomic E-state index is -0.348. The lowest BCUT2D eigenvalue weighted by Crippen LogP contribution is -2.47. The molecule has 1 unspecified atom stereocenters. The van der Waals surface area contributed by atoms with Crippen molar-refractivity contribution < 1.29 is 4.79 Å². The van der Waals surface area contributed by atoms with Crippen LogP contribution in [0.5, 0.6) is 0 Å². The Morgan fingerprint density at radius 1 is 1.37 bits per heavy atom. The first-order chi connectivity index (χ1) is 9.18. The number of nitrogens with two attached hydrogens (primary N) is 1. The van der Waals surface area contributed by atoms with E-state index in [1.54, 1.807) is 12.4 Å². The van der Waals surface area contributed by atoms with Crippen LogP contribution < -0.4 is 11.1 Å². The third-order valence-electron chi connectivity index (χ3n) is 4.24. The molecule has 3 N–H and O–H groups in total. The van der Waals surface area contributed by atoms with Crippen molar-refractivity contribution in [3.63, 3.8) is 0 Å². The number of hydrogen-bond acceptors (Lipinski definition) is 3. The summed E-state index contributed by atoms with van der Waals surface area (Å²) in [5.41, 5.74) is 6.61. The summed E-state index contributed by atoms with van der Waals surface area (Å²) in [6.07, 6.45) is 8.75. The van der Waals surface area contributed by atoms with Gasteiger partial charge in [0.15, 0.2) is 0 Å². The van der Waals surface area contributed by atoms with E-state index in [0.717, 1.165) is 31.2 Å². The molecule has 0 radical (unpaired) electrons. The van der Waals surface area contributed by atoms with Crippen molar-refractivity contribution in [1.82, 2.24) is 10.3 Å². The minimum absolute atomic E-state index is 0.000788. The molecule has 1 amide bonds. The van der Waals surface area contributed by atoms with Crippen LogP contribution in [0.15, 0.2) is 24.5 Å². The summed E-state index contributed by atoms with van der Waals surface area (Å²) in [7, 11) is 0. The second kappa shape index (κ2) is 6.15. The molecule has 0 aromatic carbocycles. The number of aromatic nitrogens is 1. The third-order valence-corrected chi connectivity index (χ3v) is 4.24. The highest BCUT2D eigenvalue weighted by Gasteiger charge is 2.38. The fourth-order valence-electron chi connectivity index (χ4n) is 2.84. The number of pyridine rings is 1.